The summed E-state index contributed by atoms with van der Waals surface area (Å²) >= 11 is 0. The summed E-state index contributed by atoms with van der Waals surface area (Å²) in [5.41, 5.74) is 6.99. The molecule has 2 N–H and O–H groups in total. The van der Waals surface area contributed by atoms with Crippen LogP contribution in [0.3, 0.4) is 0 Å². The predicted molar refractivity (Wildman–Crippen MR) is 73.3 cm³/mol. The first kappa shape index (κ1) is 13.7. The highest BCUT2D eigenvalue weighted by molar-refractivity contribution is 5.57. The van der Waals surface area contributed by atoms with Crippen LogP contribution in [-0.4, -0.2) is 23.6 Å². The van der Waals surface area contributed by atoms with Crippen LogP contribution in [0.2, 0.25) is 0 Å². The van der Waals surface area contributed by atoms with Crippen LogP contribution >= 0.6 is 0 Å². The van der Waals surface area contributed by atoms with Gasteiger partial charge in [-0.25, -0.2) is 9.97 Å². The lowest BCUT2D eigenvalue weighted by Crippen LogP contribution is -2.23. The third-order valence-corrected chi connectivity index (χ3v) is 2.87. The maximum absolute atomic E-state index is 5.94. The van der Waals surface area contributed by atoms with Gasteiger partial charge in [0.25, 0.3) is 0 Å². The van der Waals surface area contributed by atoms with Gasteiger partial charge in [0.05, 0.1) is 0 Å². The quantitative estimate of drug-likeness (QED) is 0.854. The minimum Gasteiger partial charge on any atom is -0.383 e. The Labute approximate surface area is 104 Å². The SMILES string of the molecule is CC(C)CCN(C)c1ncnc(N)c1C(C)C. The molecule has 0 fully saturated rings. The first-order valence-corrected chi connectivity index (χ1v) is 6.25. The Balaban J connectivity index is 2.92. The number of anilines is 2. The molecule has 0 unspecified atom stereocenters. The smallest absolute Gasteiger partial charge is 0.137 e. The second-order valence-electron chi connectivity index (χ2n) is 5.25. The van der Waals surface area contributed by atoms with Gasteiger partial charge in [-0.05, 0) is 18.3 Å². The Hall–Kier alpha value is -1.32. The van der Waals surface area contributed by atoms with Crippen molar-refractivity contribution < 1.29 is 0 Å². The third-order valence-electron chi connectivity index (χ3n) is 2.87. The molecule has 1 heterocycles. The van der Waals surface area contributed by atoms with Gasteiger partial charge in [0.15, 0.2) is 0 Å². The molecule has 0 aliphatic carbocycles. The van der Waals surface area contributed by atoms with Gasteiger partial charge in [0.1, 0.15) is 18.0 Å². The van der Waals surface area contributed by atoms with Gasteiger partial charge >= 0.3 is 0 Å². The van der Waals surface area contributed by atoms with E-state index < -0.39 is 0 Å². The molecule has 0 spiro atoms. The number of nitrogens with zero attached hydrogens (tertiary/aromatic N) is 3. The number of rotatable bonds is 5. The van der Waals surface area contributed by atoms with Crippen molar-refractivity contribution in [3.05, 3.63) is 11.9 Å². The molecule has 1 rings (SSSR count). The number of nitrogen functional groups attached to an aromatic ring is 1. The van der Waals surface area contributed by atoms with E-state index in [0.717, 1.165) is 24.3 Å². The van der Waals surface area contributed by atoms with Crippen LogP contribution in [0.4, 0.5) is 11.6 Å². The molecular weight excluding hydrogens is 212 g/mol. The molecule has 0 saturated heterocycles. The van der Waals surface area contributed by atoms with Crippen molar-refractivity contribution in [2.45, 2.75) is 40.0 Å². The fraction of sp³-hybridized carbons (Fsp3) is 0.692. The molecule has 0 aliphatic rings. The van der Waals surface area contributed by atoms with Gasteiger partial charge in [-0.1, -0.05) is 27.7 Å². The van der Waals surface area contributed by atoms with E-state index >= 15 is 0 Å². The largest absolute Gasteiger partial charge is 0.383 e. The molecule has 4 nitrogen and oxygen atoms in total. The fourth-order valence-electron chi connectivity index (χ4n) is 1.82. The van der Waals surface area contributed by atoms with E-state index in [2.05, 4.69) is 49.6 Å². The lowest BCUT2D eigenvalue weighted by molar-refractivity contribution is 0.582. The van der Waals surface area contributed by atoms with Gasteiger partial charge in [-0.3, -0.25) is 0 Å². The lowest BCUT2D eigenvalue weighted by Gasteiger charge is -2.23. The number of nitrogens with two attached hydrogens (primary N) is 1. The van der Waals surface area contributed by atoms with E-state index in [9.17, 15) is 0 Å². The monoisotopic (exact) mass is 236 g/mol. The predicted octanol–water partition coefficient (Wildman–Crippen LogP) is 2.66. The van der Waals surface area contributed by atoms with Crippen molar-refractivity contribution in [1.82, 2.24) is 9.97 Å². The summed E-state index contributed by atoms with van der Waals surface area (Å²) in [4.78, 5) is 10.6. The van der Waals surface area contributed by atoms with Crippen molar-refractivity contribution in [3.63, 3.8) is 0 Å². The summed E-state index contributed by atoms with van der Waals surface area (Å²) in [6, 6.07) is 0. The Morgan fingerprint density at radius 1 is 1.24 bits per heavy atom. The highest BCUT2D eigenvalue weighted by Crippen LogP contribution is 2.28. The topological polar surface area (TPSA) is 55.0 Å². The molecule has 0 saturated carbocycles. The second-order valence-corrected chi connectivity index (χ2v) is 5.25. The molecule has 0 aliphatic heterocycles. The van der Waals surface area contributed by atoms with Crippen molar-refractivity contribution >= 4 is 11.6 Å². The number of hydrogen-bond acceptors (Lipinski definition) is 4. The van der Waals surface area contributed by atoms with E-state index in [0.29, 0.717) is 17.7 Å². The highest BCUT2D eigenvalue weighted by Gasteiger charge is 2.16. The third kappa shape index (κ3) is 3.58. The molecular formula is C13H24N4. The van der Waals surface area contributed by atoms with Gasteiger partial charge in [-0.2, -0.15) is 0 Å². The van der Waals surface area contributed by atoms with E-state index in [1.54, 1.807) is 6.33 Å². The van der Waals surface area contributed by atoms with Gasteiger partial charge in [-0.15, -0.1) is 0 Å². The zero-order valence-corrected chi connectivity index (χ0v) is 11.6. The first-order valence-electron chi connectivity index (χ1n) is 6.25. The molecule has 4 heteroatoms. The van der Waals surface area contributed by atoms with Crippen molar-refractivity contribution in [2.24, 2.45) is 5.92 Å². The maximum atomic E-state index is 5.94. The molecule has 0 aromatic carbocycles. The van der Waals surface area contributed by atoms with Crippen LogP contribution in [0, 0.1) is 5.92 Å². The summed E-state index contributed by atoms with van der Waals surface area (Å²) in [5.74, 6) is 2.60. The lowest BCUT2D eigenvalue weighted by atomic mass is 10.0. The summed E-state index contributed by atoms with van der Waals surface area (Å²) in [7, 11) is 2.07. The average Bonchev–Trinajstić information content (AvgIpc) is 2.24. The highest BCUT2D eigenvalue weighted by atomic mass is 15.2. The van der Waals surface area contributed by atoms with Gasteiger partial charge in [0, 0.05) is 19.2 Å². The van der Waals surface area contributed by atoms with E-state index in [1.165, 1.54) is 0 Å². The van der Waals surface area contributed by atoms with Crippen molar-refractivity contribution in [1.29, 1.82) is 0 Å². The molecule has 17 heavy (non-hydrogen) atoms. The van der Waals surface area contributed by atoms with Crippen LogP contribution in [0.1, 0.15) is 45.6 Å². The first-order chi connectivity index (χ1) is 7.93. The minimum atomic E-state index is 0.340. The van der Waals surface area contributed by atoms with Crippen molar-refractivity contribution in [2.75, 3.05) is 24.2 Å². The molecule has 0 bridgehead atoms. The zero-order valence-electron chi connectivity index (χ0n) is 11.6. The molecule has 0 atom stereocenters. The summed E-state index contributed by atoms with van der Waals surface area (Å²) in [6.45, 7) is 9.69. The van der Waals surface area contributed by atoms with Crippen molar-refractivity contribution in [3.8, 4) is 0 Å². The molecule has 0 radical (unpaired) electrons. The Bertz CT molecular complexity index is 360. The van der Waals surface area contributed by atoms with E-state index in [1.807, 2.05) is 0 Å². The second kappa shape index (κ2) is 5.84. The maximum Gasteiger partial charge on any atom is 0.137 e. The normalized spacial score (nSPS) is 11.2. The zero-order chi connectivity index (χ0) is 13.0. The summed E-state index contributed by atoms with van der Waals surface area (Å²) < 4.78 is 0. The molecule has 96 valence electrons. The number of hydrogen-bond donors (Lipinski definition) is 1. The van der Waals surface area contributed by atoms with Crippen LogP contribution in [0.15, 0.2) is 6.33 Å². The summed E-state index contributed by atoms with van der Waals surface area (Å²) in [6.07, 6.45) is 2.69. The summed E-state index contributed by atoms with van der Waals surface area (Å²) in [5, 5.41) is 0. The Kier molecular flexibility index (Phi) is 4.73. The number of aromatic nitrogens is 2. The van der Waals surface area contributed by atoms with E-state index in [4.69, 9.17) is 5.73 Å². The van der Waals surface area contributed by atoms with Gasteiger partial charge in [0.2, 0.25) is 0 Å². The van der Waals surface area contributed by atoms with Crippen LogP contribution in [0.5, 0.6) is 0 Å². The Morgan fingerprint density at radius 3 is 2.41 bits per heavy atom. The molecule has 0 amide bonds. The standard InChI is InChI=1S/C13H24N4/c1-9(2)6-7-17(5)13-11(10(3)4)12(14)15-8-16-13/h8-10H,6-7H2,1-5H3,(H2,14,15,16). The minimum absolute atomic E-state index is 0.340. The van der Waals surface area contributed by atoms with E-state index in [-0.39, 0.29) is 0 Å². The Morgan fingerprint density at radius 2 is 1.88 bits per heavy atom. The van der Waals surface area contributed by atoms with Gasteiger partial charge < -0.3 is 10.6 Å². The molecule has 1 aromatic rings. The van der Waals surface area contributed by atoms with Crippen LogP contribution in [0.25, 0.3) is 0 Å². The van der Waals surface area contributed by atoms with Crippen LogP contribution < -0.4 is 10.6 Å². The van der Waals surface area contributed by atoms with Crippen LogP contribution in [-0.2, 0) is 0 Å². The average molecular weight is 236 g/mol. The fourth-order valence-corrected chi connectivity index (χ4v) is 1.82. The molecule has 1 aromatic heterocycles.